The van der Waals surface area contributed by atoms with Crippen molar-refractivity contribution in [2.75, 3.05) is 0 Å². The zero-order valence-corrected chi connectivity index (χ0v) is 5.72. The molecule has 2 aliphatic heterocycles. The molecular formula is C5H4N2O2S. The van der Waals surface area contributed by atoms with E-state index in [1.807, 2.05) is 0 Å². The Labute approximate surface area is 61.1 Å². The van der Waals surface area contributed by atoms with Gasteiger partial charge < -0.3 is 0 Å². The molecule has 0 radical (unpaired) electrons. The number of nitrogens with one attached hydrogen (secondary N) is 1. The van der Waals surface area contributed by atoms with E-state index in [0.717, 1.165) is 0 Å². The number of carbonyl (C=O) groups excluding carboxylic acids is 2. The number of nitrogens with zero attached hydrogens (tertiary/aromatic N) is 1. The number of carbonyl (C=O) groups is 2. The minimum atomic E-state index is -0.447. The number of amides is 2. The van der Waals surface area contributed by atoms with Crippen LogP contribution in [0.25, 0.3) is 0 Å². The van der Waals surface area contributed by atoms with Crippen molar-refractivity contribution in [3.63, 3.8) is 0 Å². The molecule has 10 heavy (non-hydrogen) atoms. The molecule has 2 aliphatic rings. The predicted molar refractivity (Wildman–Crippen MR) is 36.8 cm³/mol. The minimum Gasteiger partial charge on any atom is -0.293 e. The summed E-state index contributed by atoms with van der Waals surface area (Å²) in [5, 5.41) is 1.92. The summed E-state index contributed by atoms with van der Waals surface area (Å²) in [6.45, 7) is 0. The predicted octanol–water partition coefficient (Wildman–Crippen LogP) is -0.845. The highest BCUT2D eigenvalue weighted by atomic mass is 32.2. The number of thioether (sulfide) groups is 1. The van der Waals surface area contributed by atoms with E-state index in [9.17, 15) is 9.59 Å². The second-order valence-corrected chi connectivity index (χ2v) is 3.10. The maximum atomic E-state index is 10.8. The van der Waals surface area contributed by atoms with Crippen LogP contribution in [0.3, 0.4) is 0 Å². The van der Waals surface area contributed by atoms with Crippen LogP contribution < -0.4 is 5.32 Å². The van der Waals surface area contributed by atoms with E-state index in [2.05, 4.69) is 10.3 Å². The van der Waals surface area contributed by atoms with E-state index < -0.39 is 6.04 Å². The van der Waals surface area contributed by atoms with E-state index in [1.54, 1.807) is 5.55 Å². The first kappa shape index (κ1) is 5.91. The Kier molecular flexibility index (Phi) is 1.08. The van der Waals surface area contributed by atoms with Crippen LogP contribution in [-0.4, -0.2) is 28.7 Å². The van der Waals surface area contributed by atoms with Gasteiger partial charge in [0.2, 0.25) is 5.91 Å². The van der Waals surface area contributed by atoms with Crippen LogP contribution in [-0.2, 0) is 9.59 Å². The van der Waals surface area contributed by atoms with Gasteiger partial charge in [-0.05, 0) is 0 Å². The van der Waals surface area contributed by atoms with E-state index in [1.165, 1.54) is 11.8 Å². The van der Waals surface area contributed by atoms with Crippen LogP contribution in [0, 0.1) is 0 Å². The van der Waals surface area contributed by atoms with Crippen molar-refractivity contribution >= 4 is 29.1 Å². The SMILES string of the molecule is O=C1NC(=O)C2SC=NC12. The monoisotopic (exact) mass is 156 g/mol. The molecule has 2 heterocycles. The van der Waals surface area contributed by atoms with Crippen LogP contribution in [0.2, 0.25) is 0 Å². The summed E-state index contributed by atoms with van der Waals surface area (Å²) in [5.41, 5.74) is 1.56. The molecule has 2 atom stereocenters. The van der Waals surface area contributed by atoms with Gasteiger partial charge in [0, 0.05) is 0 Å². The van der Waals surface area contributed by atoms with Crippen LogP contribution in [0.5, 0.6) is 0 Å². The normalized spacial score (nSPS) is 36.4. The fourth-order valence-corrected chi connectivity index (χ4v) is 1.85. The largest absolute Gasteiger partial charge is 0.293 e. The lowest BCUT2D eigenvalue weighted by atomic mass is 10.2. The Bertz CT molecular complexity index is 238. The molecule has 0 bridgehead atoms. The van der Waals surface area contributed by atoms with Gasteiger partial charge in [0.25, 0.3) is 5.91 Å². The lowest BCUT2D eigenvalue weighted by molar-refractivity contribution is -0.125. The van der Waals surface area contributed by atoms with Crippen LogP contribution in [0.15, 0.2) is 4.99 Å². The van der Waals surface area contributed by atoms with Gasteiger partial charge in [-0.3, -0.25) is 19.9 Å². The fourth-order valence-electron chi connectivity index (χ4n) is 0.996. The number of fused-ring (bicyclic) bond motifs is 1. The second-order valence-electron chi connectivity index (χ2n) is 2.11. The maximum Gasteiger partial charge on any atom is 0.253 e. The smallest absolute Gasteiger partial charge is 0.253 e. The summed E-state index contributed by atoms with van der Waals surface area (Å²) in [5.74, 6) is -0.478. The number of imide groups is 1. The van der Waals surface area contributed by atoms with Gasteiger partial charge in [0.05, 0.1) is 5.55 Å². The van der Waals surface area contributed by atoms with Crippen molar-refractivity contribution in [2.45, 2.75) is 11.3 Å². The first-order chi connectivity index (χ1) is 4.79. The molecule has 0 aromatic heterocycles. The molecule has 0 saturated carbocycles. The summed E-state index contributed by atoms with van der Waals surface area (Å²) < 4.78 is 0. The molecule has 2 amide bonds. The first-order valence-corrected chi connectivity index (χ1v) is 3.75. The average Bonchev–Trinajstić information content (AvgIpc) is 2.39. The summed E-state index contributed by atoms with van der Waals surface area (Å²) in [6, 6.07) is -0.447. The summed E-state index contributed by atoms with van der Waals surface area (Å²) in [7, 11) is 0. The zero-order valence-electron chi connectivity index (χ0n) is 4.90. The lowest BCUT2D eigenvalue weighted by Crippen LogP contribution is -2.23. The lowest BCUT2D eigenvalue weighted by Gasteiger charge is -1.96. The second kappa shape index (κ2) is 1.82. The van der Waals surface area contributed by atoms with Crippen molar-refractivity contribution in [1.29, 1.82) is 0 Å². The Morgan fingerprint density at radius 2 is 2.30 bits per heavy atom. The summed E-state index contributed by atoms with van der Waals surface area (Å²) >= 11 is 1.30. The number of hydrogen-bond acceptors (Lipinski definition) is 4. The number of aliphatic imine (C=N–C) groups is 1. The molecule has 1 fully saturated rings. The molecule has 5 heteroatoms. The van der Waals surface area contributed by atoms with Gasteiger partial charge in [-0.1, -0.05) is 11.8 Å². The Morgan fingerprint density at radius 3 is 3.00 bits per heavy atom. The van der Waals surface area contributed by atoms with Crippen molar-refractivity contribution in [3.8, 4) is 0 Å². The molecule has 0 aliphatic carbocycles. The highest BCUT2D eigenvalue weighted by Gasteiger charge is 2.44. The third kappa shape index (κ3) is 0.607. The highest BCUT2D eigenvalue weighted by Crippen LogP contribution is 2.25. The van der Waals surface area contributed by atoms with Crippen molar-refractivity contribution in [3.05, 3.63) is 0 Å². The molecule has 4 nitrogen and oxygen atoms in total. The third-order valence-corrected chi connectivity index (χ3v) is 2.50. The minimum absolute atomic E-state index is 0.211. The number of hydrogen-bond donors (Lipinski definition) is 1. The standard InChI is InChI=1S/C5H4N2O2S/c8-4-2-3(5(9)7-4)10-1-6-2/h1-3H,(H,7,8,9). The van der Waals surface area contributed by atoms with E-state index in [-0.39, 0.29) is 17.1 Å². The summed E-state index contributed by atoms with van der Waals surface area (Å²) in [4.78, 5) is 25.5. The van der Waals surface area contributed by atoms with Gasteiger partial charge in [0.15, 0.2) is 6.04 Å². The van der Waals surface area contributed by atoms with Gasteiger partial charge >= 0.3 is 0 Å². The maximum absolute atomic E-state index is 10.8. The number of rotatable bonds is 0. The Balaban J connectivity index is 2.33. The average molecular weight is 156 g/mol. The van der Waals surface area contributed by atoms with Crippen molar-refractivity contribution in [1.82, 2.24) is 5.32 Å². The third-order valence-electron chi connectivity index (χ3n) is 1.49. The Hall–Kier alpha value is -0.840. The van der Waals surface area contributed by atoms with E-state index in [4.69, 9.17) is 0 Å². The van der Waals surface area contributed by atoms with Gasteiger partial charge in [-0.25, -0.2) is 0 Å². The molecular weight excluding hydrogens is 152 g/mol. The zero-order chi connectivity index (χ0) is 7.14. The van der Waals surface area contributed by atoms with Crippen molar-refractivity contribution in [2.24, 2.45) is 4.99 Å². The molecule has 1 saturated heterocycles. The quantitative estimate of drug-likeness (QED) is 0.465. The molecule has 0 aromatic rings. The van der Waals surface area contributed by atoms with Crippen molar-refractivity contribution < 1.29 is 9.59 Å². The Morgan fingerprint density at radius 1 is 1.50 bits per heavy atom. The van der Waals surface area contributed by atoms with E-state index >= 15 is 0 Å². The topological polar surface area (TPSA) is 58.5 Å². The van der Waals surface area contributed by atoms with Gasteiger partial charge in [-0.15, -0.1) is 0 Å². The molecule has 2 unspecified atom stereocenters. The van der Waals surface area contributed by atoms with Crippen LogP contribution in [0.4, 0.5) is 0 Å². The summed E-state index contributed by atoms with van der Waals surface area (Å²) in [6.07, 6.45) is 0. The highest BCUT2D eigenvalue weighted by molar-refractivity contribution is 8.13. The van der Waals surface area contributed by atoms with Gasteiger partial charge in [-0.2, -0.15) is 0 Å². The molecule has 0 aromatic carbocycles. The molecule has 52 valence electrons. The molecule has 0 spiro atoms. The van der Waals surface area contributed by atoms with Crippen LogP contribution in [0.1, 0.15) is 0 Å². The van der Waals surface area contributed by atoms with E-state index in [0.29, 0.717) is 0 Å². The molecule has 2 rings (SSSR count). The fraction of sp³-hybridized carbons (Fsp3) is 0.400. The molecule has 1 N–H and O–H groups in total. The van der Waals surface area contributed by atoms with Crippen LogP contribution >= 0.6 is 11.8 Å². The van der Waals surface area contributed by atoms with Gasteiger partial charge in [0.1, 0.15) is 5.25 Å². The first-order valence-electron chi connectivity index (χ1n) is 2.81.